The highest BCUT2D eigenvalue weighted by Crippen LogP contribution is 2.01. The van der Waals surface area contributed by atoms with Crippen molar-refractivity contribution in [2.24, 2.45) is 0 Å². The number of unbranched alkanes of at least 4 members (excludes halogenated alkanes) is 1. The minimum atomic E-state index is -1.12. The predicted octanol–water partition coefficient (Wildman–Crippen LogP) is 0.936. The van der Waals surface area contributed by atoms with Crippen LogP contribution < -0.4 is 0 Å². The molecule has 0 aromatic rings. The Morgan fingerprint density at radius 2 is 2.00 bits per heavy atom. The maximum absolute atomic E-state index is 11.4. The van der Waals surface area contributed by atoms with Gasteiger partial charge in [-0.3, -0.25) is 0 Å². The normalized spacial score (nSPS) is 12.7. The van der Waals surface area contributed by atoms with Gasteiger partial charge in [0.05, 0.1) is 0 Å². The van der Waals surface area contributed by atoms with Crippen LogP contribution >= 0.6 is 0 Å². The molecular formula is C10H20O4Si. The maximum Gasteiger partial charge on any atom is 0.319 e. The lowest BCUT2D eigenvalue weighted by Gasteiger charge is -2.12. The Balaban J connectivity index is 3.92. The third-order valence-electron chi connectivity index (χ3n) is 1.94. The van der Waals surface area contributed by atoms with Gasteiger partial charge < -0.3 is 13.9 Å². The molecule has 0 unspecified atom stereocenters. The second-order valence-electron chi connectivity index (χ2n) is 3.18. The zero-order valence-electron chi connectivity index (χ0n) is 9.91. The van der Waals surface area contributed by atoms with Crippen LogP contribution in [-0.2, 0) is 18.7 Å². The van der Waals surface area contributed by atoms with Crippen LogP contribution in [0.15, 0.2) is 11.6 Å². The molecule has 0 saturated carbocycles. The van der Waals surface area contributed by atoms with Crippen LogP contribution in [0.4, 0.5) is 0 Å². The van der Waals surface area contributed by atoms with Crippen LogP contribution in [0.1, 0.15) is 26.7 Å². The van der Waals surface area contributed by atoms with Gasteiger partial charge >= 0.3 is 5.97 Å². The molecule has 0 aliphatic carbocycles. The van der Waals surface area contributed by atoms with Gasteiger partial charge in [0.2, 0.25) is 0 Å². The van der Waals surface area contributed by atoms with E-state index in [1.165, 1.54) is 14.2 Å². The summed E-state index contributed by atoms with van der Waals surface area (Å²) in [6.07, 6.45) is 3.83. The topological polar surface area (TPSA) is 44.8 Å². The molecule has 0 spiro atoms. The molecule has 0 N–H and O–H groups in total. The van der Waals surface area contributed by atoms with E-state index in [9.17, 15) is 4.79 Å². The molecule has 15 heavy (non-hydrogen) atoms. The highest BCUT2D eigenvalue weighted by molar-refractivity contribution is 6.32. The van der Waals surface area contributed by atoms with E-state index in [1.807, 2.05) is 6.08 Å². The van der Waals surface area contributed by atoms with E-state index in [4.69, 9.17) is 13.9 Å². The fraction of sp³-hybridized carbons (Fsp3) is 0.700. The molecular weight excluding hydrogens is 212 g/mol. The zero-order valence-corrected chi connectivity index (χ0v) is 11.3. The molecule has 0 bridgehead atoms. The molecule has 0 amide bonds. The smallest absolute Gasteiger partial charge is 0.319 e. The summed E-state index contributed by atoms with van der Waals surface area (Å²) in [7, 11) is 1.95. The first-order valence-corrected chi connectivity index (χ1v) is 6.44. The highest BCUT2D eigenvalue weighted by atomic mass is 28.2. The van der Waals surface area contributed by atoms with Gasteiger partial charge in [-0.1, -0.05) is 19.4 Å². The Morgan fingerprint density at radius 1 is 1.40 bits per heavy atom. The van der Waals surface area contributed by atoms with Gasteiger partial charge in [0.25, 0.3) is 9.76 Å². The molecule has 0 aromatic heterocycles. The summed E-state index contributed by atoms with van der Waals surface area (Å²) in [5.74, 6) is -0.609. The fourth-order valence-corrected chi connectivity index (χ4v) is 1.72. The predicted molar refractivity (Wildman–Crippen MR) is 61.1 cm³/mol. The Hall–Kier alpha value is -0.653. The monoisotopic (exact) mass is 232 g/mol. The lowest BCUT2D eigenvalue weighted by Crippen LogP contribution is -2.26. The molecule has 0 saturated heterocycles. The van der Waals surface area contributed by atoms with Crippen molar-refractivity contribution in [2.45, 2.75) is 32.6 Å². The van der Waals surface area contributed by atoms with Gasteiger partial charge in [0.1, 0.15) is 0 Å². The van der Waals surface area contributed by atoms with Crippen LogP contribution in [0.5, 0.6) is 0 Å². The SMILES string of the molecule is CCCC=C(C)C(=O)O[SiH2]C(OC)OC. The van der Waals surface area contributed by atoms with Crippen molar-refractivity contribution in [3.8, 4) is 0 Å². The number of methoxy groups -OCH3 is 2. The molecule has 0 atom stereocenters. The van der Waals surface area contributed by atoms with Crippen molar-refractivity contribution in [1.82, 2.24) is 0 Å². The third-order valence-corrected chi connectivity index (χ3v) is 3.31. The molecule has 0 heterocycles. The molecule has 4 nitrogen and oxygen atoms in total. The summed E-state index contributed by atoms with van der Waals surface area (Å²) in [6.45, 7) is 3.83. The summed E-state index contributed by atoms with van der Waals surface area (Å²) in [6, 6.07) is 0. The number of carbonyl (C=O) groups is 1. The largest absolute Gasteiger partial charge is 0.516 e. The van der Waals surface area contributed by atoms with E-state index in [2.05, 4.69) is 6.92 Å². The molecule has 0 aliphatic rings. The number of carbonyl (C=O) groups excluding carboxylic acids is 1. The van der Waals surface area contributed by atoms with Crippen LogP contribution in [0.2, 0.25) is 0 Å². The Morgan fingerprint density at radius 3 is 2.47 bits per heavy atom. The Bertz CT molecular complexity index is 211. The first-order chi connectivity index (χ1) is 7.15. The number of hydrogen-bond acceptors (Lipinski definition) is 4. The summed E-state index contributed by atoms with van der Waals surface area (Å²) in [5.41, 5.74) is 0.662. The second-order valence-corrected chi connectivity index (χ2v) is 4.46. The Kier molecular flexibility index (Phi) is 8.26. The summed E-state index contributed by atoms with van der Waals surface area (Å²) in [4.78, 5) is 11.4. The third kappa shape index (κ3) is 6.43. The number of rotatable bonds is 7. The fourth-order valence-electron chi connectivity index (χ4n) is 0.934. The molecule has 0 radical (unpaired) electrons. The molecule has 0 rings (SSSR count). The molecule has 0 aromatic carbocycles. The van der Waals surface area contributed by atoms with E-state index in [-0.39, 0.29) is 11.9 Å². The minimum absolute atomic E-state index is 0.255. The van der Waals surface area contributed by atoms with Gasteiger partial charge in [-0.2, -0.15) is 0 Å². The standard InChI is InChI=1S/C10H20O4Si/c1-5-6-7-8(2)9(11)14-15-10(12-3)13-4/h7,10H,5-6,15H2,1-4H3. The van der Waals surface area contributed by atoms with Gasteiger partial charge in [0.15, 0.2) is 5.91 Å². The van der Waals surface area contributed by atoms with Gasteiger partial charge in [-0.05, 0) is 13.3 Å². The average Bonchev–Trinajstić information content (AvgIpc) is 2.26. The van der Waals surface area contributed by atoms with Crippen molar-refractivity contribution >= 4 is 15.7 Å². The van der Waals surface area contributed by atoms with E-state index in [0.717, 1.165) is 12.8 Å². The summed E-state index contributed by atoms with van der Waals surface area (Å²) in [5, 5.41) is 0. The minimum Gasteiger partial charge on any atom is -0.516 e. The number of ether oxygens (including phenoxy) is 2. The van der Waals surface area contributed by atoms with Crippen molar-refractivity contribution in [2.75, 3.05) is 14.2 Å². The molecule has 0 fully saturated rings. The Labute approximate surface area is 93.5 Å². The second kappa shape index (κ2) is 8.64. The molecule has 0 aliphatic heterocycles. The van der Waals surface area contributed by atoms with Crippen molar-refractivity contribution < 1.29 is 18.7 Å². The van der Waals surface area contributed by atoms with Gasteiger partial charge in [0, 0.05) is 19.8 Å². The molecule has 5 heteroatoms. The van der Waals surface area contributed by atoms with Crippen molar-refractivity contribution in [3.63, 3.8) is 0 Å². The lowest BCUT2D eigenvalue weighted by molar-refractivity contribution is -0.132. The highest BCUT2D eigenvalue weighted by Gasteiger charge is 2.11. The van der Waals surface area contributed by atoms with E-state index in [0.29, 0.717) is 5.57 Å². The lowest BCUT2D eigenvalue weighted by atomic mass is 10.2. The zero-order chi connectivity index (χ0) is 11.7. The number of allylic oxidation sites excluding steroid dienone is 1. The quantitative estimate of drug-likeness (QED) is 0.372. The van der Waals surface area contributed by atoms with Crippen LogP contribution in [0, 0.1) is 0 Å². The van der Waals surface area contributed by atoms with E-state index >= 15 is 0 Å². The summed E-state index contributed by atoms with van der Waals surface area (Å²) >= 11 is 0. The number of hydrogen-bond donors (Lipinski definition) is 0. The average molecular weight is 232 g/mol. The first kappa shape index (κ1) is 14.3. The van der Waals surface area contributed by atoms with Gasteiger partial charge in [-0.15, -0.1) is 0 Å². The maximum atomic E-state index is 11.4. The summed E-state index contributed by atoms with van der Waals surface area (Å²) < 4.78 is 15.0. The van der Waals surface area contributed by atoms with Crippen LogP contribution in [-0.4, -0.2) is 35.9 Å². The first-order valence-electron chi connectivity index (χ1n) is 5.05. The van der Waals surface area contributed by atoms with E-state index in [1.54, 1.807) is 6.92 Å². The molecule has 88 valence electrons. The van der Waals surface area contributed by atoms with Crippen molar-refractivity contribution in [1.29, 1.82) is 0 Å². The van der Waals surface area contributed by atoms with E-state index < -0.39 is 9.76 Å². The van der Waals surface area contributed by atoms with Crippen LogP contribution in [0.25, 0.3) is 0 Å². The van der Waals surface area contributed by atoms with Crippen LogP contribution in [0.3, 0.4) is 0 Å². The van der Waals surface area contributed by atoms with Crippen molar-refractivity contribution in [3.05, 3.63) is 11.6 Å². The van der Waals surface area contributed by atoms with Gasteiger partial charge in [-0.25, -0.2) is 4.79 Å².